The quantitative estimate of drug-likeness (QED) is 0.316. The molecule has 0 saturated heterocycles. The van der Waals surface area contributed by atoms with Crippen molar-refractivity contribution in [2.24, 2.45) is 0 Å². The van der Waals surface area contributed by atoms with Crippen LogP contribution in [-0.2, 0) is 27.0 Å². The van der Waals surface area contributed by atoms with E-state index in [4.69, 9.17) is 16.3 Å². The summed E-state index contributed by atoms with van der Waals surface area (Å²) in [7, 11) is 0. The first-order valence-electron chi connectivity index (χ1n) is 9.97. The van der Waals surface area contributed by atoms with Crippen molar-refractivity contribution in [1.82, 2.24) is 4.57 Å². The predicted octanol–water partition coefficient (Wildman–Crippen LogP) is 5.01. The molecule has 0 aliphatic carbocycles. The van der Waals surface area contributed by atoms with Crippen molar-refractivity contribution in [2.45, 2.75) is 12.7 Å². The number of carbonyl (C=O) groups is 2. The van der Waals surface area contributed by atoms with Crippen LogP contribution in [0.15, 0.2) is 71.5 Å². The number of pyridine rings is 1. The molecule has 3 aromatic carbocycles. The second-order valence-corrected chi connectivity index (χ2v) is 7.76. The molecule has 0 bridgehead atoms. The first-order chi connectivity index (χ1) is 16.1. The molecule has 1 amide bonds. The molecule has 1 aromatic heterocycles. The van der Waals surface area contributed by atoms with Crippen LogP contribution in [0.2, 0.25) is 5.02 Å². The molecule has 4 aromatic rings. The number of nitrogens with zero attached hydrogens (tertiary/aromatic N) is 1. The number of carbonyl (C=O) groups excluding carboxylic acids is 2. The molecule has 0 aliphatic heterocycles. The molecule has 0 unspecified atom stereocenters. The van der Waals surface area contributed by atoms with Gasteiger partial charge in [0.2, 0.25) is 0 Å². The Morgan fingerprint density at radius 2 is 1.53 bits per heavy atom. The summed E-state index contributed by atoms with van der Waals surface area (Å²) in [6.07, 6.45) is -4.69. The van der Waals surface area contributed by atoms with E-state index in [1.807, 2.05) is 0 Å². The van der Waals surface area contributed by atoms with Crippen molar-refractivity contribution in [3.05, 3.63) is 87.5 Å². The van der Waals surface area contributed by atoms with Crippen LogP contribution in [0.3, 0.4) is 0 Å². The zero-order valence-electron chi connectivity index (χ0n) is 17.4. The van der Waals surface area contributed by atoms with E-state index in [2.05, 4.69) is 5.32 Å². The number of alkyl halides is 3. The number of esters is 1. The molecule has 34 heavy (non-hydrogen) atoms. The summed E-state index contributed by atoms with van der Waals surface area (Å²) in [5, 5.41) is 2.59. The van der Waals surface area contributed by atoms with Crippen LogP contribution >= 0.6 is 11.6 Å². The van der Waals surface area contributed by atoms with Crippen LogP contribution in [0.5, 0.6) is 0 Å². The van der Waals surface area contributed by atoms with Crippen LogP contribution < -0.4 is 10.7 Å². The third-order valence-corrected chi connectivity index (χ3v) is 5.42. The van der Waals surface area contributed by atoms with Crippen molar-refractivity contribution in [2.75, 3.05) is 11.9 Å². The average molecular weight is 489 g/mol. The van der Waals surface area contributed by atoms with Crippen molar-refractivity contribution < 1.29 is 27.5 Å². The summed E-state index contributed by atoms with van der Waals surface area (Å²) in [4.78, 5) is 37.4. The number of anilines is 1. The first kappa shape index (κ1) is 23.3. The number of benzene rings is 3. The van der Waals surface area contributed by atoms with Crippen LogP contribution in [0.25, 0.3) is 21.8 Å². The molecule has 0 radical (unpaired) electrons. The number of nitrogens with one attached hydrogen (secondary N) is 1. The summed E-state index contributed by atoms with van der Waals surface area (Å²) in [6, 6.07) is 16.5. The Bertz CT molecular complexity index is 1420. The number of halogens is 4. The maximum atomic E-state index is 13.0. The highest BCUT2D eigenvalue weighted by atomic mass is 35.5. The molecule has 10 heteroatoms. The van der Waals surface area contributed by atoms with Gasteiger partial charge in [-0.1, -0.05) is 35.9 Å². The Kier molecular flexibility index (Phi) is 6.30. The molecular formula is C24H16ClF3N2O4. The highest BCUT2D eigenvalue weighted by Gasteiger charge is 2.33. The second kappa shape index (κ2) is 9.18. The number of fused-ring (bicyclic) bond motifs is 2. The predicted molar refractivity (Wildman–Crippen MR) is 122 cm³/mol. The number of rotatable bonds is 5. The van der Waals surface area contributed by atoms with Gasteiger partial charge in [0, 0.05) is 16.5 Å². The summed E-state index contributed by atoms with van der Waals surface area (Å²) >= 11 is 5.57. The van der Waals surface area contributed by atoms with Gasteiger partial charge in [0.05, 0.1) is 21.6 Å². The molecule has 0 aliphatic rings. The van der Waals surface area contributed by atoms with Gasteiger partial charge in [-0.3, -0.25) is 14.4 Å². The van der Waals surface area contributed by atoms with E-state index in [0.717, 1.165) is 6.07 Å². The van der Waals surface area contributed by atoms with Crippen LogP contribution in [0.4, 0.5) is 18.9 Å². The topological polar surface area (TPSA) is 77.4 Å². The molecule has 4 rings (SSSR count). The molecule has 0 atom stereocenters. The SMILES string of the molecule is O=C(COC(=O)Cn1c2ccccc2c(=O)c2ccccc21)Nc1ccc(Cl)c(C(F)(F)F)c1. The van der Waals surface area contributed by atoms with Gasteiger partial charge >= 0.3 is 12.1 Å². The van der Waals surface area contributed by atoms with Gasteiger partial charge in [0.25, 0.3) is 5.91 Å². The minimum atomic E-state index is -4.69. The zero-order valence-corrected chi connectivity index (χ0v) is 18.1. The fourth-order valence-electron chi connectivity index (χ4n) is 3.59. The maximum Gasteiger partial charge on any atom is 0.417 e. The van der Waals surface area contributed by atoms with E-state index in [-0.39, 0.29) is 17.7 Å². The van der Waals surface area contributed by atoms with Gasteiger partial charge in [-0.05, 0) is 42.5 Å². The lowest BCUT2D eigenvalue weighted by atomic mass is 10.1. The van der Waals surface area contributed by atoms with E-state index >= 15 is 0 Å². The molecule has 1 heterocycles. The van der Waals surface area contributed by atoms with E-state index in [1.165, 1.54) is 6.07 Å². The summed E-state index contributed by atoms with van der Waals surface area (Å²) in [5.74, 6) is -1.58. The molecule has 1 N–H and O–H groups in total. The van der Waals surface area contributed by atoms with Crippen molar-refractivity contribution in [1.29, 1.82) is 0 Å². The smallest absolute Gasteiger partial charge is 0.417 e. The molecule has 0 fully saturated rings. The summed E-state index contributed by atoms with van der Waals surface area (Å²) < 4.78 is 45.6. The van der Waals surface area contributed by atoms with Gasteiger partial charge in [0.15, 0.2) is 12.0 Å². The lowest BCUT2D eigenvalue weighted by Crippen LogP contribution is -2.24. The highest BCUT2D eigenvalue weighted by Crippen LogP contribution is 2.36. The third kappa shape index (κ3) is 4.74. The number of hydrogen-bond donors (Lipinski definition) is 1. The van der Waals surface area contributed by atoms with E-state index in [1.54, 1.807) is 53.1 Å². The summed E-state index contributed by atoms with van der Waals surface area (Å²) in [6.45, 7) is -0.993. The molecule has 174 valence electrons. The second-order valence-electron chi connectivity index (χ2n) is 7.35. The Morgan fingerprint density at radius 3 is 2.12 bits per heavy atom. The Labute approximate surface area is 195 Å². The molecular weight excluding hydrogens is 473 g/mol. The first-order valence-corrected chi connectivity index (χ1v) is 10.4. The number of amides is 1. The van der Waals surface area contributed by atoms with Crippen LogP contribution in [0.1, 0.15) is 5.56 Å². The van der Waals surface area contributed by atoms with Gasteiger partial charge in [-0.2, -0.15) is 13.2 Å². The molecule has 6 nitrogen and oxygen atoms in total. The maximum absolute atomic E-state index is 13.0. The number of hydrogen-bond acceptors (Lipinski definition) is 4. The van der Waals surface area contributed by atoms with Crippen molar-refractivity contribution in [3.8, 4) is 0 Å². The fraction of sp³-hybridized carbons (Fsp3) is 0.125. The normalized spacial score (nSPS) is 11.5. The van der Waals surface area contributed by atoms with E-state index in [9.17, 15) is 27.6 Å². The number of aromatic nitrogens is 1. The molecule has 0 spiro atoms. The summed E-state index contributed by atoms with van der Waals surface area (Å²) in [5.41, 5.74) is -0.366. The van der Waals surface area contributed by atoms with Crippen LogP contribution in [0, 0.1) is 0 Å². The van der Waals surface area contributed by atoms with Gasteiger partial charge in [-0.25, -0.2) is 0 Å². The minimum absolute atomic E-state index is 0.143. The highest BCUT2D eigenvalue weighted by molar-refractivity contribution is 6.31. The lowest BCUT2D eigenvalue weighted by molar-refractivity contribution is -0.147. The Balaban J connectivity index is 1.49. The van der Waals surface area contributed by atoms with Crippen LogP contribution in [-0.4, -0.2) is 23.1 Å². The fourth-order valence-corrected chi connectivity index (χ4v) is 3.81. The standard InChI is InChI=1S/C24H16ClF3N2O4/c25-18-10-9-14(11-17(18)24(26,27)28)29-21(31)13-34-22(32)12-30-19-7-3-1-5-15(19)23(33)16-6-2-4-8-20(16)30/h1-11H,12-13H2,(H,29,31). The Hall–Kier alpha value is -3.85. The number of para-hydroxylation sites is 2. The third-order valence-electron chi connectivity index (χ3n) is 5.09. The lowest BCUT2D eigenvalue weighted by Gasteiger charge is -2.15. The Morgan fingerprint density at radius 1 is 0.941 bits per heavy atom. The number of ether oxygens (including phenoxy) is 1. The van der Waals surface area contributed by atoms with Gasteiger partial charge in [0.1, 0.15) is 6.54 Å². The molecule has 0 saturated carbocycles. The van der Waals surface area contributed by atoms with E-state index in [0.29, 0.717) is 27.9 Å². The average Bonchev–Trinajstić information content (AvgIpc) is 2.81. The largest absolute Gasteiger partial charge is 0.454 e. The van der Waals surface area contributed by atoms with E-state index < -0.39 is 35.2 Å². The van der Waals surface area contributed by atoms with Gasteiger partial charge < -0.3 is 14.6 Å². The van der Waals surface area contributed by atoms with Crippen molar-refractivity contribution >= 4 is 51.0 Å². The zero-order chi connectivity index (χ0) is 24.5. The van der Waals surface area contributed by atoms with Crippen molar-refractivity contribution in [3.63, 3.8) is 0 Å². The van der Waals surface area contributed by atoms with Gasteiger partial charge in [-0.15, -0.1) is 0 Å². The monoisotopic (exact) mass is 488 g/mol. The minimum Gasteiger partial charge on any atom is -0.454 e.